The van der Waals surface area contributed by atoms with E-state index in [-0.39, 0.29) is 24.0 Å². The van der Waals surface area contributed by atoms with Crippen LogP contribution in [0.4, 0.5) is 0 Å². The molecule has 8 heteroatoms. The Balaban J connectivity index is 1.58. The second-order valence-electron chi connectivity index (χ2n) is 6.63. The Morgan fingerprint density at radius 1 is 1.30 bits per heavy atom. The lowest BCUT2D eigenvalue weighted by Gasteiger charge is -2.34. The molecule has 1 atom stereocenters. The van der Waals surface area contributed by atoms with Gasteiger partial charge in [0.1, 0.15) is 17.6 Å². The largest absolute Gasteiger partial charge is 0.492 e. The van der Waals surface area contributed by atoms with Gasteiger partial charge in [-0.25, -0.2) is 0 Å². The van der Waals surface area contributed by atoms with E-state index in [4.69, 9.17) is 37.2 Å². The number of aromatic nitrogens is 1. The van der Waals surface area contributed by atoms with Gasteiger partial charge in [-0.05, 0) is 32.8 Å². The van der Waals surface area contributed by atoms with Crippen molar-refractivity contribution < 1.29 is 18.8 Å². The highest BCUT2D eigenvalue weighted by Gasteiger charge is 2.35. The molecular weight excluding hydrogens is 391 g/mol. The fourth-order valence-corrected chi connectivity index (χ4v) is 3.51. The molecule has 1 aromatic heterocycles. The van der Waals surface area contributed by atoms with E-state index in [2.05, 4.69) is 10.5 Å². The number of hydrogen-bond acceptors (Lipinski definition) is 5. The number of halogens is 2. The number of ether oxygens (including phenoxy) is 2. The van der Waals surface area contributed by atoms with Crippen molar-refractivity contribution in [2.45, 2.75) is 51.7 Å². The molecule has 1 aliphatic rings. The average molecular weight is 413 g/mol. The van der Waals surface area contributed by atoms with Gasteiger partial charge in [0.25, 0.3) is 0 Å². The van der Waals surface area contributed by atoms with Crippen LogP contribution in [-0.2, 0) is 4.79 Å². The molecule has 1 amide bonds. The molecule has 1 N–H and O–H groups in total. The van der Waals surface area contributed by atoms with Crippen LogP contribution in [0.1, 0.15) is 57.0 Å². The summed E-state index contributed by atoms with van der Waals surface area (Å²) in [6, 6.07) is 5.04. The fourth-order valence-electron chi connectivity index (χ4n) is 3.03. The molecule has 1 heterocycles. The second kappa shape index (κ2) is 8.40. The van der Waals surface area contributed by atoms with Gasteiger partial charge in [-0.2, -0.15) is 0 Å². The number of nitrogens with one attached hydrogen (secondary N) is 1. The summed E-state index contributed by atoms with van der Waals surface area (Å²) >= 11 is 12.4. The van der Waals surface area contributed by atoms with E-state index in [1.54, 1.807) is 12.1 Å². The molecule has 0 spiro atoms. The van der Waals surface area contributed by atoms with Gasteiger partial charge in [-0.3, -0.25) is 4.79 Å². The molecule has 1 fully saturated rings. The standard InChI is InChI=1S/C19H22Cl2N2O4/c1-4-25-18-9-19(15(21)7-14(18)20)26-13-5-12(6-13)16-8-17(27-23-16)10(2)22-11(3)24/h7-10,12-13H,4-6H2,1-3H3,(H,22,24)/t10-,12?,13?/m0/s1. The first-order valence-electron chi connectivity index (χ1n) is 8.89. The lowest BCUT2D eigenvalue weighted by Crippen LogP contribution is -2.32. The van der Waals surface area contributed by atoms with Crippen LogP contribution in [-0.4, -0.2) is 23.8 Å². The number of nitrogens with zero attached hydrogens (tertiary/aromatic N) is 1. The first-order valence-corrected chi connectivity index (χ1v) is 9.65. The first-order chi connectivity index (χ1) is 12.9. The molecule has 27 heavy (non-hydrogen) atoms. The second-order valence-corrected chi connectivity index (χ2v) is 7.45. The summed E-state index contributed by atoms with van der Waals surface area (Å²) in [6.45, 7) is 5.73. The summed E-state index contributed by atoms with van der Waals surface area (Å²) < 4.78 is 16.8. The van der Waals surface area contributed by atoms with E-state index in [0.29, 0.717) is 33.9 Å². The van der Waals surface area contributed by atoms with Crippen molar-refractivity contribution in [3.8, 4) is 11.5 Å². The van der Waals surface area contributed by atoms with Gasteiger partial charge in [-0.1, -0.05) is 28.4 Å². The van der Waals surface area contributed by atoms with Crippen molar-refractivity contribution in [2.24, 2.45) is 0 Å². The van der Waals surface area contributed by atoms with Crippen molar-refractivity contribution in [1.82, 2.24) is 10.5 Å². The number of amides is 1. The third-order valence-electron chi connectivity index (χ3n) is 4.49. The smallest absolute Gasteiger partial charge is 0.217 e. The van der Waals surface area contributed by atoms with Crippen LogP contribution in [0.3, 0.4) is 0 Å². The molecule has 0 saturated heterocycles. The number of hydrogen-bond donors (Lipinski definition) is 1. The highest BCUT2D eigenvalue weighted by molar-refractivity contribution is 6.36. The van der Waals surface area contributed by atoms with Gasteiger partial charge in [0, 0.05) is 25.0 Å². The van der Waals surface area contributed by atoms with Crippen LogP contribution in [0.2, 0.25) is 10.0 Å². The van der Waals surface area contributed by atoms with Gasteiger partial charge in [0.05, 0.1) is 28.4 Å². The average Bonchev–Trinajstić information content (AvgIpc) is 3.03. The molecular formula is C19H22Cl2N2O4. The maximum absolute atomic E-state index is 11.1. The zero-order valence-electron chi connectivity index (χ0n) is 15.4. The molecule has 146 valence electrons. The minimum Gasteiger partial charge on any atom is -0.492 e. The number of rotatable bonds is 7. The van der Waals surface area contributed by atoms with E-state index in [9.17, 15) is 4.79 Å². The molecule has 1 saturated carbocycles. The van der Waals surface area contributed by atoms with E-state index in [1.807, 2.05) is 19.9 Å². The van der Waals surface area contributed by atoms with E-state index in [1.165, 1.54) is 6.92 Å². The third-order valence-corrected chi connectivity index (χ3v) is 5.08. The highest BCUT2D eigenvalue weighted by Crippen LogP contribution is 2.42. The monoisotopic (exact) mass is 412 g/mol. The van der Waals surface area contributed by atoms with Gasteiger partial charge in [-0.15, -0.1) is 0 Å². The molecule has 0 aliphatic heterocycles. The van der Waals surface area contributed by atoms with Crippen LogP contribution >= 0.6 is 23.2 Å². The number of carbonyl (C=O) groups is 1. The van der Waals surface area contributed by atoms with E-state index < -0.39 is 0 Å². The summed E-state index contributed by atoms with van der Waals surface area (Å²) in [5.74, 6) is 1.92. The molecule has 1 aliphatic carbocycles. The van der Waals surface area contributed by atoms with Crippen LogP contribution in [0.25, 0.3) is 0 Å². The Morgan fingerprint density at radius 3 is 2.67 bits per heavy atom. The van der Waals surface area contributed by atoms with Gasteiger partial charge in [0.2, 0.25) is 5.91 Å². The van der Waals surface area contributed by atoms with Crippen LogP contribution in [0.15, 0.2) is 22.7 Å². The summed E-state index contributed by atoms with van der Waals surface area (Å²) in [6.07, 6.45) is 1.66. The predicted molar refractivity (Wildman–Crippen MR) is 103 cm³/mol. The number of benzene rings is 1. The Morgan fingerprint density at radius 2 is 2.00 bits per heavy atom. The minimum atomic E-state index is -0.208. The minimum absolute atomic E-state index is 0.0380. The molecule has 6 nitrogen and oxygen atoms in total. The Kier molecular flexibility index (Phi) is 6.17. The van der Waals surface area contributed by atoms with Crippen molar-refractivity contribution in [1.29, 1.82) is 0 Å². The van der Waals surface area contributed by atoms with Crippen molar-refractivity contribution >= 4 is 29.1 Å². The SMILES string of the molecule is CCOc1cc(OC2CC(c3cc([C@H](C)NC(C)=O)on3)C2)c(Cl)cc1Cl. The summed E-state index contributed by atoms with van der Waals surface area (Å²) in [5, 5.41) is 7.83. The van der Waals surface area contributed by atoms with Crippen LogP contribution in [0, 0.1) is 0 Å². The van der Waals surface area contributed by atoms with Crippen molar-refractivity contribution in [3.63, 3.8) is 0 Å². The molecule has 2 aromatic rings. The maximum Gasteiger partial charge on any atom is 0.217 e. The molecule has 0 radical (unpaired) electrons. The quantitative estimate of drug-likeness (QED) is 0.699. The first kappa shape index (κ1) is 19.8. The molecule has 1 aromatic carbocycles. The fraction of sp³-hybridized carbons (Fsp3) is 0.474. The lowest BCUT2D eigenvalue weighted by atomic mass is 9.80. The molecule has 0 bridgehead atoms. The topological polar surface area (TPSA) is 73.6 Å². The number of carbonyl (C=O) groups excluding carboxylic acids is 1. The van der Waals surface area contributed by atoms with Crippen molar-refractivity contribution in [2.75, 3.05) is 6.61 Å². The van der Waals surface area contributed by atoms with Gasteiger partial charge < -0.3 is 19.3 Å². The molecule has 3 rings (SSSR count). The van der Waals surface area contributed by atoms with Crippen LogP contribution < -0.4 is 14.8 Å². The highest BCUT2D eigenvalue weighted by atomic mass is 35.5. The van der Waals surface area contributed by atoms with Gasteiger partial charge in [0.15, 0.2) is 5.76 Å². The normalized spacial score (nSPS) is 19.9. The lowest BCUT2D eigenvalue weighted by molar-refractivity contribution is -0.119. The maximum atomic E-state index is 11.1. The third kappa shape index (κ3) is 4.68. The van der Waals surface area contributed by atoms with Crippen molar-refractivity contribution in [3.05, 3.63) is 39.7 Å². The predicted octanol–water partition coefficient (Wildman–Crippen LogP) is 4.90. The van der Waals surface area contributed by atoms with Crippen LogP contribution in [0.5, 0.6) is 11.5 Å². The Labute approximate surface area is 168 Å². The summed E-state index contributed by atoms with van der Waals surface area (Å²) in [5.41, 5.74) is 0.874. The van der Waals surface area contributed by atoms with Gasteiger partial charge >= 0.3 is 0 Å². The Bertz CT molecular complexity index is 818. The Hall–Kier alpha value is -1.92. The zero-order valence-corrected chi connectivity index (χ0v) is 16.9. The summed E-state index contributed by atoms with van der Waals surface area (Å²) in [4.78, 5) is 11.1. The zero-order chi connectivity index (χ0) is 19.6. The van der Waals surface area contributed by atoms with E-state index >= 15 is 0 Å². The van der Waals surface area contributed by atoms with E-state index in [0.717, 1.165) is 18.5 Å². The molecule has 0 unspecified atom stereocenters. The summed E-state index contributed by atoms with van der Waals surface area (Å²) in [7, 11) is 0.